The molecule has 2 N–H and O–H groups in total. The maximum atomic E-state index is 12.2. The molecule has 7 nitrogen and oxygen atoms in total. The standard InChI is InChI=1S/C16H23N3O4S/c1-2-3-10-17-16(21)18-24(22,23)15-6-4-13(5-7-15)19-11-8-14(20)9-12-19/h4-7H,2-3,8-12H2,1H3,(H2,17,18,21). The quantitative estimate of drug-likeness (QED) is 0.758. The number of piperidine rings is 1. The molecule has 1 fully saturated rings. The van der Waals surface area contributed by atoms with E-state index in [-0.39, 0.29) is 10.7 Å². The van der Waals surface area contributed by atoms with E-state index in [0.717, 1.165) is 18.5 Å². The number of sulfonamides is 1. The smallest absolute Gasteiger partial charge is 0.328 e. The SMILES string of the molecule is CCCCNC(=O)NS(=O)(=O)c1ccc(N2CCC(=O)CC2)cc1. The number of nitrogens with one attached hydrogen (secondary N) is 2. The number of urea groups is 1. The number of rotatable bonds is 6. The van der Waals surface area contributed by atoms with Gasteiger partial charge in [-0.05, 0) is 30.7 Å². The molecule has 8 heteroatoms. The van der Waals surface area contributed by atoms with Crippen molar-refractivity contribution in [2.24, 2.45) is 0 Å². The average molecular weight is 353 g/mol. The Bertz CT molecular complexity index is 676. The summed E-state index contributed by atoms with van der Waals surface area (Å²) in [6.07, 6.45) is 2.73. The molecule has 0 radical (unpaired) electrons. The first-order chi connectivity index (χ1) is 11.4. The Morgan fingerprint density at radius 1 is 1.17 bits per heavy atom. The number of nitrogens with zero attached hydrogens (tertiary/aromatic N) is 1. The molecule has 0 spiro atoms. The topological polar surface area (TPSA) is 95.6 Å². The lowest BCUT2D eigenvalue weighted by Crippen LogP contribution is -2.39. The Morgan fingerprint density at radius 3 is 2.38 bits per heavy atom. The maximum absolute atomic E-state index is 12.2. The van der Waals surface area contributed by atoms with E-state index in [1.54, 1.807) is 12.1 Å². The fourth-order valence-corrected chi connectivity index (χ4v) is 3.37. The Labute approximate surface area is 142 Å². The van der Waals surface area contributed by atoms with Crippen molar-refractivity contribution in [2.75, 3.05) is 24.5 Å². The van der Waals surface area contributed by atoms with Gasteiger partial charge in [0.05, 0.1) is 4.90 Å². The van der Waals surface area contributed by atoms with Gasteiger partial charge in [0.2, 0.25) is 0 Å². The van der Waals surface area contributed by atoms with Crippen molar-refractivity contribution in [3.8, 4) is 0 Å². The van der Waals surface area contributed by atoms with Gasteiger partial charge in [-0.2, -0.15) is 0 Å². The predicted octanol–water partition coefficient (Wildman–Crippen LogP) is 1.64. The van der Waals surface area contributed by atoms with Gasteiger partial charge in [-0.15, -0.1) is 0 Å². The highest BCUT2D eigenvalue weighted by atomic mass is 32.2. The molecule has 132 valence electrons. The van der Waals surface area contributed by atoms with Gasteiger partial charge in [-0.3, -0.25) is 4.79 Å². The number of benzene rings is 1. The van der Waals surface area contributed by atoms with E-state index < -0.39 is 16.1 Å². The Kier molecular flexibility index (Phi) is 6.19. The second kappa shape index (κ2) is 8.14. The lowest BCUT2D eigenvalue weighted by atomic mass is 10.1. The van der Waals surface area contributed by atoms with Crippen LogP contribution < -0.4 is 14.9 Å². The highest BCUT2D eigenvalue weighted by Crippen LogP contribution is 2.20. The number of Topliss-reactive ketones (excluding diaryl/α,β-unsaturated/α-hetero) is 1. The molecule has 0 atom stereocenters. The van der Waals surface area contributed by atoms with Crippen LogP contribution in [0.5, 0.6) is 0 Å². The number of unbranched alkanes of at least 4 members (excludes halogenated alkanes) is 1. The van der Waals surface area contributed by atoms with Crippen LogP contribution in [-0.2, 0) is 14.8 Å². The molecule has 1 aromatic carbocycles. The molecule has 0 bridgehead atoms. The first-order valence-electron chi connectivity index (χ1n) is 8.10. The summed E-state index contributed by atoms with van der Waals surface area (Å²) < 4.78 is 26.4. The minimum atomic E-state index is -3.89. The minimum Gasteiger partial charge on any atom is -0.371 e. The van der Waals surface area contributed by atoms with Crippen LogP contribution in [0.25, 0.3) is 0 Å². The van der Waals surface area contributed by atoms with Gasteiger partial charge in [0.25, 0.3) is 10.0 Å². The summed E-state index contributed by atoms with van der Waals surface area (Å²) >= 11 is 0. The van der Waals surface area contributed by atoms with E-state index in [1.807, 2.05) is 16.5 Å². The summed E-state index contributed by atoms with van der Waals surface area (Å²) in [5.41, 5.74) is 0.869. The van der Waals surface area contributed by atoms with Crippen LogP contribution in [-0.4, -0.2) is 39.9 Å². The van der Waals surface area contributed by atoms with Crippen molar-refractivity contribution in [3.63, 3.8) is 0 Å². The normalized spacial score (nSPS) is 15.2. The van der Waals surface area contributed by atoms with Gasteiger partial charge >= 0.3 is 6.03 Å². The molecule has 1 saturated heterocycles. The van der Waals surface area contributed by atoms with E-state index in [9.17, 15) is 18.0 Å². The van der Waals surface area contributed by atoms with Crippen LogP contribution in [0, 0.1) is 0 Å². The van der Waals surface area contributed by atoms with Gasteiger partial charge in [-0.25, -0.2) is 17.9 Å². The average Bonchev–Trinajstić information content (AvgIpc) is 2.55. The zero-order chi connectivity index (χ0) is 17.6. The van der Waals surface area contributed by atoms with Crippen LogP contribution in [0.2, 0.25) is 0 Å². The molecule has 1 aromatic rings. The summed E-state index contributed by atoms with van der Waals surface area (Å²) in [6, 6.07) is 5.60. The molecule has 1 heterocycles. The summed E-state index contributed by atoms with van der Waals surface area (Å²) in [5.74, 6) is 0.253. The third-order valence-electron chi connectivity index (χ3n) is 3.88. The minimum absolute atomic E-state index is 0.0324. The molecule has 2 amide bonds. The fourth-order valence-electron chi connectivity index (χ4n) is 2.45. The van der Waals surface area contributed by atoms with Crippen LogP contribution in [0.4, 0.5) is 10.5 Å². The number of ketones is 1. The number of hydrogen-bond donors (Lipinski definition) is 2. The molecule has 0 aromatic heterocycles. The molecule has 2 rings (SSSR count). The van der Waals surface area contributed by atoms with E-state index in [0.29, 0.717) is 32.5 Å². The summed E-state index contributed by atoms with van der Waals surface area (Å²) in [4.78, 5) is 25.0. The molecule has 24 heavy (non-hydrogen) atoms. The highest BCUT2D eigenvalue weighted by Gasteiger charge is 2.19. The summed E-state index contributed by atoms with van der Waals surface area (Å²) in [6.45, 7) is 3.70. The summed E-state index contributed by atoms with van der Waals surface area (Å²) in [5, 5.41) is 2.51. The fraction of sp³-hybridized carbons (Fsp3) is 0.500. The Morgan fingerprint density at radius 2 is 1.79 bits per heavy atom. The van der Waals surface area contributed by atoms with Crippen molar-refractivity contribution in [2.45, 2.75) is 37.5 Å². The van der Waals surface area contributed by atoms with Crippen molar-refractivity contribution in [1.29, 1.82) is 0 Å². The van der Waals surface area contributed by atoms with Gasteiger partial charge in [0.1, 0.15) is 5.78 Å². The Hall–Kier alpha value is -2.09. The first-order valence-corrected chi connectivity index (χ1v) is 9.58. The second-order valence-corrected chi connectivity index (χ2v) is 7.42. The van der Waals surface area contributed by atoms with E-state index in [1.165, 1.54) is 12.1 Å². The van der Waals surface area contributed by atoms with Crippen LogP contribution in [0.15, 0.2) is 29.2 Å². The molecule has 1 aliphatic rings. The van der Waals surface area contributed by atoms with Crippen molar-refractivity contribution in [1.82, 2.24) is 10.0 Å². The van der Waals surface area contributed by atoms with Gasteiger partial charge in [0, 0.05) is 38.2 Å². The van der Waals surface area contributed by atoms with Crippen LogP contribution >= 0.6 is 0 Å². The predicted molar refractivity (Wildman–Crippen MR) is 91.5 cm³/mol. The van der Waals surface area contributed by atoms with Gasteiger partial charge < -0.3 is 10.2 Å². The molecule has 0 aliphatic carbocycles. The lowest BCUT2D eigenvalue weighted by molar-refractivity contribution is -0.119. The number of amides is 2. The van der Waals surface area contributed by atoms with E-state index in [2.05, 4.69) is 5.32 Å². The monoisotopic (exact) mass is 353 g/mol. The Balaban J connectivity index is 1.98. The van der Waals surface area contributed by atoms with Gasteiger partial charge in [-0.1, -0.05) is 13.3 Å². The third-order valence-corrected chi connectivity index (χ3v) is 5.22. The third kappa shape index (κ3) is 4.95. The number of carbonyl (C=O) groups is 2. The zero-order valence-electron chi connectivity index (χ0n) is 13.7. The van der Waals surface area contributed by atoms with Crippen molar-refractivity contribution in [3.05, 3.63) is 24.3 Å². The van der Waals surface area contributed by atoms with E-state index in [4.69, 9.17) is 0 Å². The molecular formula is C16H23N3O4S. The largest absolute Gasteiger partial charge is 0.371 e. The first kappa shape index (κ1) is 18.3. The maximum Gasteiger partial charge on any atom is 0.328 e. The number of hydrogen-bond acceptors (Lipinski definition) is 5. The van der Waals surface area contributed by atoms with Crippen LogP contribution in [0.1, 0.15) is 32.6 Å². The number of anilines is 1. The molecule has 0 saturated carbocycles. The highest BCUT2D eigenvalue weighted by molar-refractivity contribution is 7.90. The van der Waals surface area contributed by atoms with E-state index >= 15 is 0 Å². The van der Waals surface area contributed by atoms with Crippen molar-refractivity contribution < 1.29 is 18.0 Å². The zero-order valence-corrected chi connectivity index (χ0v) is 14.6. The van der Waals surface area contributed by atoms with Gasteiger partial charge in [0.15, 0.2) is 0 Å². The molecule has 1 aliphatic heterocycles. The second-order valence-electron chi connectivity index (χ2n) is 5.73. The number of carbonyl (C=O) groups excluding carboxylic acids is 2. The summed E-state index contributed by atoms with van der Waals surface area (Å²) in [7, 11) is -3.89. The van der Waals surface area contributed by atoms with Crippen LogP contribution in [0.3, 0.4) is 0 Å². The lowest BCUT2D eigenvalue weighted by Gasteiger charge is -2.28. The molecule has 0 unspecified atom stereocenters. The molecular weight excluding hydrogens is 330 g/mol. The van der Waals surface area contributed by atoms with Crippen molar-refractivity contribution >= 4 is 27.5 Å².